The lowest BCUT2D eigenvalue weighted by Crippen LogP contribution is -2.57. The summed E-state index contributed by atoms with van der Waals surface area (Å²) in [6.45, 7) is 2.32. The summed E-state index contributed by atoms with van der Waals surface area (Å²) in [5, 5.41) is 6.83. The zero-order valence-corrected chi connectivity index (χ0v) is 14.9. The van der Waals surface area contributed by atoms with Crippen molar-refractivity contribution >= 4 is 34.9 Å². The fourth-order valence-corrected chi connectivity index (χ4v) is 2.94. The first kappa shape index (κ1) is 17.8. The minimum atomic E-state index is -0.231. The summed E-state index contributed by atoms with van der Waals surface area (Å²) >= 11 is 12.1. The summed E-state index contributed by atoms with van der Waals surface area (Å²) < 4.78 is 5.75. The largest absolute Gasteiger partial charge is 0.490 e. The SMILES string of the molecule is O=C(Nc1cccc(Cl)c1Cl)N1CCNCC1COc1cccnc1. The molecule has 1 atom stereocenters. The smallest absolute Gasteiger partial charge is 0.322 e. The van der Waals surface area contributed by atoms with E-state index in [0.29, 0.717) is 41.2 Å². The summed E-state index contributed by atoms with van der Waals surface area (Å²) in [5.74, 6) is 0.673. The molecule has 2 N–H and O–H groups in total. The zero-order valence-electron chi connectivity index (χ0n) is 13.4. The number of hydrogen-bond acceptors (Lipinski definition) is 4. The van der Waals surface area contributed by atoms with Crippen molar-refractivity contribution in [2.75, 3.05) is 31.6 Å². The minimum absolute atomic E-state index is 0.105. The van der Waals surface area contributed by atoms with Crippen LogP contribution in [0.5, 0.6) is 5.75 Å². The first-order chi connectivity index (χ1) is 12.1. The molecule has 0 saturated carbocycles. The Morgan fingerprint density at radius 3 is 3.04 bits per heavy atom. The van der Waals surface area contributed by atoms with E-state index < -0.39 is 0 Å². The molecule has 8 heteroatoms. The van der Waals surface area contributed by atoms with Crippen molar-refractivity contribution < 1.29 is 9.53 Å². The molecule has 3 rings (SSSR count). The average Bonchev–Trinajstić information content (AvgIpc) is 2.65. The number of hydrogen-bond donors (Lipinski definition) is 2. The number of anilines is 1. The minimum Gasteiger partial charge on any atom is -0.490 e. The Hall–Kier alpha value is -2.02. The maximum atomic E-state index is 12.7. The van der Waals surface area contributed by atoms with E-state index in [1.54, 1.807) is 41.6 Å². The van der Waals surface area contributed by atoms with Gasteiger partial charge in [0.25, 0.3) is 0 Å². The number of carbonyl (C=O) groups is 1. The van der Waals surface area contributed by atoms with Gasteiger partial charge in [0.2, 0.25) is 0 Å². The number of rotatable bonds is 4. The summed E-state index contributed by atoms with van der Waals surface area (Å²) in [6, 6.07) is 8.44. The third-order valence-electron chi connectivity index (χ3n) is 3.88. The van der Waals surface area contributed by atoms with Crippen LogP contribution >= 0.6 is 23.2 Å². The predicted molar refractivity (Wildman–Crippen MR) is 98.6 cm³/mol. The molecule has 1 saturated heterocycles. The number of piperazine rings is 1. The first-order valence-corrected chi connectivity index (χ1v) is 8.66. The van der Waals surface area contributed by atoms with E-state index in [0.717, 1.165) is 6.54 Å². The van der Waals surface area contributed by atoms with Crippen LogP contribution in [-0.4, -0.2) is 48.2 Å². The number of carbonyl (C=O) groups excluding carboxylic acids is 1. The first-order valence-electron chi connectivity index (χ1n) is 7.90. The summed E-state index contributed by atoms with van der Waals surface area (Å²) in [5.41, 5.74) is 0.490. The molecule has 6 nitrogen and oxygen atoms in total. The molecule has 1 aromatic carbocycles. The van der Waals surface area contributed by atoms with Gasteiger partial charge in [-0.15, -0.1) is 0 Å². The van der Waals surface area contributed by atoms with Gasteiger partial charge in [-0.3, -0.25) is 4.98 Å². The van der Waals surface area contributed by atoms with E-state index in [2.05, 4.69) is 15.6 Å². The third-order valence-corrected chi connectivity index (χ3v) is 4.70. The van der Waals surface area contributed by atoms with E-state index in [1.165, 1.54) is 0 Å². The van der Waals surface area contributed by atoms with Gasteiger partial charge in [0.05, 0.1) is 28.0 Å². The van der Waals surface area contributed by atoms with Crippen LogP contribution in [0.4, 0.5) is 10.5 Å². The van der Waals surface area contributed by atoms with Gasteiger partial charge in [0.15, 0.2) is 0 Å². The Morgan fingerprint density at radius 2 is 2.24 bits per heavy atom. The Kier molecular flexibility index (Phi) is 5.96. The molecule has 1 aliphatic rings. The van der Waals surface area contributed by atoms with Crippen molar-refractivity contribution in [1.82, 2.24) is 15.2 Å². The lowest BCUT2D eigenvalue weighted by molar-refractivity contribution is 0.133. The summed E-state index contributed by atoms with van der Waals surface area (Å²) in [4.78, 5) is 18.4. The van der Waals surface area contributed by atoms with E-state index in [-0.39, 0.29) is 12.1 Å². The van der Waals surface area contributed by atoms with Crippen LogP contribution in [-0.2, 0) is 0 Å². The molecule has 2 heterocycles. The highest BCUT2D eigenvalue weighted by atomic mass is 35.5. The molecule has 25 heavy (non-hydrogen) atoms. The highest BCUT2D eigenvalue weighted by Gasteiger charge is 2.27. The van der Waals surface area contributed by atoms with Crippen LogP contribution in [0.1, 0.15) is 0 Å². The number of ether oxygens (including phenoxy) is 1. The van der Waals surface area contributed by atoms with Gasteiger partial charge in [-0.2, -0.15) is 0 Å². The van der Waals surface area contributed by atoms with E-state index in [4.69, 9.17) is 27.9 Å². The van der Waals surface area contributed by atoms with Crippen LogP contribution in [0.3, 0.4) is 0 Å². The quantitative estimate of drug-likeness (QED) is 0.853. The molecule has 0 spiro atoms. The lowest BCUT2D eigenvalue weighted by atomic mass is 10.2. The van der Waals surface area contributed by atoms with Crippen LogP contribution in [0.25, 0.3) is 0 Å². The molecule has 132 valence electrons. The molecule has 1 fully saturated rings. The number of amides is 2. The number of aromatic nitrogens is 1. The van der Waals surface area contributed by atoms with Crippen molar-refractivity contribution in [3.8, 4) is 5.75 Å². The van der Waals surface area contributed by atoms with E-state index in [9.17, 15) is 4.79 Å². The Morgan fingerprint density at radius 1 is 1.36 bits per heavy atom. The average molecular weight is 381 g/mol. The number of halogens is 2. The monoisotopic (exact) mass is 380 g/mol. The highest BCUT2D eigenvalue weighted by Crippen LogP contribution is 2.29. The molecule has 1 aliphatic heterocycles. The molecular weight excluding hydrogens is 363 g/mol. The van der Waals surface area contributed by atoms with Gasteiger partial charge in [0, 0.05) is 25.8 Å². The summed E-state index contributed by atoms with van der Waals surface area (Å²) in [6.07, 6.45) is 3.33. The van der Waals surface area contributed by atoms with Gasteiger partial charge >= 0.3 is 6.03 Å². The van der Waals surface area contributed by atoms with Crippen molar-refractivity contribution in [3.63, 3.8) is 0 Å². The molecule has 0 radical (unpaired) electrons. The number of pyridine rings is 1. The van der Waals surface area contributed by atoms with Crippen molar-refractivity contribution in [3.05, 3.63) is 52.8 Å². The van der Waals surface area contributed by atoms with E-state index >= 15 is 0 Å². The Labute approximate surface area is 156 Å². The van der Waals surface area contributed by atoms with Crippen molar-refractivity contribution in [2.45, 2.75) is 6.04 Å². The maximum Gasteiger partial charge on any atom is 0.322 e. The molecule has 0 aliphatic carbocycles. The van der Waals surface area contributed by atoms with Gasteiger partial charge in [0.1, 0.15) is 12.4 Å². The van der Waals surface area contributed by atoms with Crippen molar-refractivity contribution in [1.29, 1.82) is 0 Å². The topological polar surface area (TPSA) is 66.5 Å². The molecular formula is C17H18Cl2N4O2. The van der Waals surface area contributed by atoms with E-state index in [1.807, 2.05) is 6.07 Å². The van der Waals surface area contributed by atoms with Gasteiger partial charge in [-0.1, -0.05) is 29.3 Å². The van der Waals surface area contributed by atoms with Crippen LogP contribution in [0.15, 0.2) is 42.7 Å². The lowest BCUT2D eigenvalue weighted by Gasteiger charge is -2.36. The number of nitrogens with one attached hydrogen (secondary N) is 2. The fourth-order valence-electron chi connectivity index (χ4n) is 2.59. The van der Waals surface area contributed by atoms with Crippen LogP contribution in [0.2, 0.25) is 10.0 Å². The number of benzene rings is 1. The third kappa shape index (κ3) is 4.54. The standard InChI is InChI=1S/C17H18Cl2N4O2/c18-14-4-1-5-15(16(14)19)22-17(24)23-8-7-21-9-12(23)11-25-13-3-2-6-20-10-13/h1-6,10,12,21H,7-9,11H2,(H,22,24). The highest BCUT2D eigenvalue weighted by molar-refractivity contribution is 6.43. The molecule has 2 aromatic rings. The van der Waals surface area contributed by atoms with Gasteiger partial charge < -0.3 is 20.3 Å². The van der Waals surface area contributed by atoms with Crippen molar-refractivity contribution in [2.24, 2.45) is 0 Å². The molecule has 1 unspecified atom stereocenters. The summed E-state index contributed by atoms with van der Waals surface area (Å²) in [7, 11) is 0. The van der Waals surface area contributed by atoms with Gasteiger partial charge in [-0.25, -0.2) is 4.79 Å². The number of nitrogens with zero attached hydrogens (tertiary/aromatic N) is 2. The second-order valence-corrected chi connectivity index (χ2v) is 6.37. The zero-order chi connectivity index (χ0) is 17.6. The maximum absolute atomic E-state index is 12.7. The predicted octanol–water partition coefficient (Wildman–Crippen LogP) is 3.27. The normalized spacial score (nSPS) is 17.2. The second kappa shape index (κ2) is 8.38. The Bertz CT molecular complexity index is 730. The van der Waals surface area contributed by atoms with Gasteiger partial charge in [-0.05, 0) is 24.3 Å². The number of urea groups is 1. The molecule has 1 aromatic heterocycles. The van der Waals surface area contributed by atoms with Crippen LogP contribution < -0.4 is 15.4 Å². The molecule has 0 bridgehead atoms. The van der Waals surface area contributed by atoms with Crippen LogP contribution in [0, 0.1) is 0 Å². The fraction of sp³-hybridized carbons (Fsp3) is 0.294. The molecule has 2 amide bonds. The Balaban J connectivity index is 1.65. The second-order valence-electron chi connectivity index (χ2n) is 5.58.